The predicted octanol–water partition coefficient (Wildman–Crippen LogP) is 3.09. The van der Waals surface area contributed by atoms with E-state index in [9.17, 15) is 0 Å². The Balaban J connectivity index is 2.84. The maximum Gasteiger partial charge on any atom is 0.0434 e. The summed E-state index contributed by atoms with van der Waals surface area (Å²) in [5.74, 6) is 0. The van der Waals surface area contributed by atoms with Crippen LogP contribution in [0.2, 0.25) is 0 Å². The smallest absolute Gasteiger partial charge is 0.0434 e. The van der Waals surface area contributed by atoms with Crippen molar-refractivity contribution in [3.05, 3.63) is 23.4 Å². The van der Waals surface area contributed by atoms with Gasteiger partial charge in [-0.25, -0.2) is 0 Å². The van der Waals surface area contributed by atoms with E-state index in [0.29, 0.717) is 0 Å². The number of allylic oxidation sites excluding steroid dienone is 4. The first-order chi connectivity index (χ1) is 5.20. The molecule has 0 aromatic rings. The summed E-state index contributed by atoms with van der Waals surface area (Å²) in [6.45, 7) is 6.20. The molecular weight excluding hydrogens is 134 g/mol. The predicted molar refractivity (Wildman–Crippen MR) is 49.9 cm³/mol. The van der Waals surface area contributed by atoms with Crippen LogP contribution in [-0.2, 0) is 0 Å². The van der Waals surface area contributed by atoms with Crippen molar-refractivity contribution in [2.75, 3.05) is 0 Å². The molecular formula is C10H15N. The van der Waals surface area contributed by atoms with Crippen LogP contribution in [0.3, 0.4) is 0 Å². The zero-order valence-corrected chi connectivity index (χ0v) is 7.52. The molecule has 1 aliphatic carbocycles. The molecule has 60 valence electrons. The number of hydrogen-bond donors (Lipinski definition) is 0. The molecule has 0 aromatic carbocycles. The van der Waals surface area contributed by atoms with Crippen molar-refractivity contribution in [3.63, 3.8) is 0 Å². The van der Waals surface area contributed by atoms with Crippen LogP contribution in [0.15, 0.2) is 28.4 Å². The van der Waals surface area contributed by atoms with E-state index in [1.807, 2.05) is 13.8 Å². The maximum atomic E-state index is 4.46. The molecule has 0 saturated heterocycles. The van der Waals surface area contributed by atoms with Gasteiger partial charge in [-0.1, -0.05) is 12.2 Å². The lowest BCUT2D eigenvalue weighted by molar-refractivity contribution is 0.921. The fourth-order valence-electron chi connectivity index (χ4n) is 1.19. The second-order valence-electron chi connectivity index (χ2n) is 3.13. The summed E-state index contributed by atoms with van der Waals surface area (Å²) < 4.78 is 0. The van der Waals surface area contributed by atoms with E-state index in [-0.39, 0.29) is 0 Å². The zero-order chi connectivity index (χ0) is 8.27. The van der Waals surface area contributed by atoms with Crippen molar-refractivity contribution in [2.24, 2.45) is 4.99 Å². The third-order valence-corrected chi connectivity index (χ3v) is 1.73. The highest BCUT2D eigenvalue weighted by molar-refractivity contribution is 5.80. The largest absolute Gasteiger partial charge is 0.263 e. The molecule has 0 bridgehead atoms. The molecule has 0 radical (unpaired) electrons. The fraction of sp³-hybridized carbons (Fsp3) is 0.500. The van der Waals surface area contributed by atoms with E-state index >= 15 is 0 Å². The van der Waals surface area contributed by atoms with Crippen LogP contribution in [0, 0.1) is 0 Å². The lowest BCUT2D eigenvalue weighted by Crippen LogP contribution is -1.92. The third kappa shape index (κ3) is 2.34. The van der Waals surface area contributed by atoms with Gasteiger partial charge in [-0.3, -0.25) is 4.99 Å². The highest BCUT2D eigenvalue weighted by Gasteiger charge is 2.01. The number of aliphatic imine (C=N–C) groups is 1. The first-order valence-corrected chi connectivity index (χ1v) is 4.08. The molecule has 1 heteroatoms. The van der Waals surface area contributed by atoms with E-state index < -0.39 is 0 Å². The van der Waals surface area contributed by atoms with E-state index in [2.05, 4.69) is 24.1 Å². The van der Waals surface area contributed by atoms with Gasteiger partial charge in [-0.2, -0.15) is 0 Å². The Hall–Kier alpha value is -0.850. The van der Waals surface area contributed by atoms with Crippen LogP contribution in [0.4, 0.5) is 0 Å². The van der Waals surface area contributed by atoms with E-state index in [4.69, 9.17) is 0 Å². The van der Waals surface area contributed by atoms with Crippen molar-refractivity contribution >= 4 is 5.71 Å². The first kappa shape index (κ1) is 8.25. The van der Waals surface area contributed by atoms with Crippen LogP contribution in [0.25, 0.3) is 0 Å². The Morgan fingerprint density at radius 2 is 2.18 bits per heavy atom. The summed E-state index contributed by atoms with van der Waals surface area (Å²) >= 11 is 0. The van der Waals surface area contributed by atoms with Crippen molar-refractivity contribution < 1.29 is 0 Å². The molecule has 1 rings (SSSR count). The summed E-state index contributed by atoms with van der Waals surface area (Å²) in [7, 11) is 0. The topological polar surface area (TPSA) is 12.4 Å². The van der Waals surface area contributed by atoms with Crippen molar-refractivity contribution in [2.45, 2.75) is 33.6 Å². The lowest BCUT2D eigenvalue weighted by atomic mass is 10.1. The van der Waals surface area contributed by atoms with Crippen molar-refractivity contribution in [1.29, 1.82) is 0 Å². The molecule has 0 fully saturated rings. The van der Waals surface area contributed by atoms with Crippen molar-refractivity contribution in [3.8, 4) is 0 Å². The van der Waals surface area contributed by atoms with Gasteiger partial charge in [0.05, 0.1) is 0 Å². The molecule has 0 amide bonds. The van der Waals surface area contributed by atoms with Gasteiger partial charge in [0.25, 0.3) is 0 Å². The second kappa shape index (κ2) is 3.51. The summed E-state index contributed by atoms with van der Waals surface area (Å²) in [4.78, 5) is 4.46. The molecule has 0 unspecified atom stereocenters. The summed E-state index contributed by atoms with van der Waals surface area (Å²) in [5, 5.41) is 0. The molecule has 0 atom stereocenters. The molecule has 0 spiro atoms. The molecule has 11 heavy (non-hydrogen) atoms. The third-order valence-electron chi connectivity index (χ3n) is 1.73. The summed E-state index contributed by atoms with van der Waals surface area (Å²) in [5.41, 5.74) is 3.72. The fourth-order valence-corrected chi connectivity index (χ4v) is 1.19. The van der Waals surface area contributed by atoms with Gasteiger partial charge in [0, 0.05) is 11.4 Å². The minimum atomic E-state index is 1.10. The Morgan fingerprint density at radius 1 is 1.45 bits per heavy atom. The molecule has 0 aromatic heterocycles. The Bertz CT molecular complexity index is 227. The zero-order valence-electron chi connectivity index (χ0n) is 7.52. The Morgan fingerprint density at radius 3 is 2.73 bits per heavy atom. The molecule has 0 N–H and O–H groups in total. The van der Waals surface area contributed by atoms with Crippen LogP contribution in [0.5, 0.6) is 0 Å². The van der Waals surface area contributed by atoms with E-state index in [1.165, 1.54) is 11.3 Å². The van der Waals surface area contributed by atoms with Crippen LogP contribution in [0.1, 0.15) is 33.6 Å². The highest BCUT2D eigenvalue weighted by atomic mass is 14.8. The van der Waals surface area contributed by atoms with Gasteiger partial charge in [-0.15, -0.1) is 0 Å². The number of hydrogen-bond acceptors (Lipinski definition) is 1. The average Bonchev–Trinajstić information content (AvgIpc) is 1.93. The van der Waals surface area contributed by atoms with Crippen molar-refractivity contribution in [1.82, 2.24) is 0 Å². The van der Waals surface area contributed by atoms with Gasteiger partial charge >= 0.3 is 0 Å². The maximum absolute atomic E-state index is 4.46. The molecule has 0 aliphatic heterocycles. The van der Waals surface area contributed by atoms with Gasteiger partial charge in [-0.05, 0) is 39.2 Å². The van der Waals surface area contributed by atoms with Gasteiger partial charge in [0.2, 0.25) is 0 Å². The quantitative estimate of drug-likeness (QED) is 0.508. The molecule has 1 nitrogen and oxygen atoms in total. The van der Waals surface area contributed by atoms with Gasteiger partial charge in [0.15, 0.2) is 0 Å². The number of nitrogens with zero attached hydrogens (tertiary/aromatic N) is 1. The van der Waals surface area contributed by atoms with Gasteiger partial charge < -0.3 is 0 Å². The van der Waals surface area contributed by atoms with Gasteiger partial charge in [0.1, 0.15) is 0 Å². The van der Waals surface area contributed by atoms with E-state index in [1.54, 1.807) is 0 Å². The minimum Gasteiger partial charge on any atom is -0.263 e. The van der Waals surface area contributed by atoms with Crippen LogP contribution in [-0.4, -0.2) is 5.71 Å². The van der Waals surface area contributed by atoms with E-state index in [0.717, 1.165) is 18.6 Å². The van der Waals surface area contributed by atoms with Crippen LogP contribution >= 0.6 is 0 Å². The second-order valence-corrected chi connectivity index (χ2v) is 3.13. The standard InChI is InChI=1S/C10H15N/c1-8(2)11-10-7-5-4-6-9(10)3/h4,6H,5,7H2,1-3H3. The normalized spacial score (nSPS) is 17.0. The highest BCUT2D eigenvalue weighted by Crippen LogP contribution is 2.19. The summed E-state index contributed by atoms with van der Waals surface area (Å²) in [6.07, 6.45) is 6.61. The summed E-state index contributed by atoms with van der Waals surface area (Å²) in [6, 6.07) is 0. The van der Waals surface area contributed by atoms with Crippen LogP contribution < -0.4 is 0 Å². The Kier molecular flexibility index (Phi) is 2.64. The molecule has 0 saturated carbocycles. The monoisotopic (exact) mass is 149 g/mol. The minimum absolute atomic E-state index is 1.10. The average molecular weight is 149 g/mol. The first-order valence-electron chi connectivity index (χ1n) is 4.08. The number of rotatable bonds is 1. The lowest BCUT2D eigenvalue weighted by Gasteiger charge is -2.08. The molecule has 1 aliphatic rings. The Labute approximate surface area is 68.5 Å². The molecule has 0 heterocycles. The SMILES string of the molecule is CC(C)=NC1=C(C)C=CCC1.